The van der Waals surface area contributed by atoms with E-state index < -0.39 is 18.9 Å². The average Bonchev–Trinajstić information content (AvgIpc) is 2.36. The van der Waals surface area contributed by atoms with Crippen LogP contribution >= 0.6 is 0 Å². The number of hydrogen-bond acceptors (Lipinski definition) is 4. The van der Waals surface area contributed by atoms with E-state index in [0.717, 1.165) is 0 Å². The van der Waals surface area contributed by atoms with E-state index in [1.807, 2.05) is 0 Å². The van der Waals surface area contributed by atoms with Crippen LogP contribution in [0.2, 0.25) is 0 Å². The molecule has 1 aromatic carbocycles. The quantitative estimate of drug-likeness (QED) is 0.810. The van der Waals surface area contributed by atoms with Gasteiger partial charge in [-0.05, 0) is 25.1 Å². The molecule has 1 aromatic rings. The standard InChI is InChI=1S/C12H13F3O4/c1-2-18-10-5-8(6-16)3-4-9(10)19-7-11(17)12(13,14)15/h3-6,11,17H,2,7H2,1H3. The zero-order valence-corrected chi connectivity index (χ0v) is 10.1. The zero-order valence-electron chi connectivity index (χ0n) is 10.1. The minimum atomic E-state index is -4.74. The molecule has 1 atom stereocenters. The van der Waals surface area contributed by atoms with Crippen molar-refractivity contribution in [1.29, 1.82) is 0 Å². The van der Waals surface area contributed by atoms with E-state index in [4.69, 9.17) is 14.6 Å². The fourth-order valence-corrected chi connectivity index (χ4v) is 1.25. The summed E-state index contributed by atoms with van der Waals surface area (Å²) >= 11 is 0. The van der Waals surface area contributed by atoms with Crippen LogP contribution in [0.1, 0.15) is 17.3 Å². The molecule has 1 N–H and O–H groups in total. The highest BCUT2D eigenvalue weighted by atomic mass is 19.4. The molecule has 0 amide bonds. The number of carbonyl (C=O) groups is 1. The largest absolute Gasteiger partial charge is 0.490 e. The van der Waals surface area contributed by atoms with Crippen LogP contribution < -0.4 is 9.47 Å². The summed E-state index contributed by atoms with van der Waals surface area (Å²) in [5.74, 6) is 0.192. The van der Waals surface area contributed by atoms with Crippen molar-refractivity contribution in [2.45, 2.75) is 19.2 Å². The Morgan fingerprint density at radius 2 is 2.00 bits per heavy atom. The van der Waals surface area contributed by atoms with Crippen LogP contribution in [0.25, 0.3) is 0 Å². The number of aliphatic hydroxyl groups is 1. The summed E-state index contributed by atoms with van der Waals surface area (Å²) < 4.78 is 46.4. The topological polar surface area (TPSA) is 55.8 Å². The van der Waals surface area contributed by atoms with Crippen molar-refractivity contribution in [2.75, 3.05) is 13.2 Å². The Labute approximate surface area is 107 Å². The van der Waals surface area contributed by atoms with Gasteiger partial charge in [0.1, 0.15) is 12.9 Å². The predicted molar refractivity (Wildman–Crippen MR) is 60.6 cm³/mol. The van der Waals surface area contributed by atoms with Crippen molar-refractivity contribution in [3.05, 3.63) is 23.8 Å². The maximum Gasteiger partial charge on any atom is 0.417 e. The molecule has 4 nitrogen and oxygen atoms in total. The summed E-state index contributed by atoms with van der Waals surface area (Å²) in [6.45, 7) is 1.01. The highest BCUT2D eigenvalue weighted by molar-refractivity contribution is 5.76. The van der Waals surface area contributed by atoms with E-state index >= 15 is 0 Å². The normalized spacial score (nSPS) is 12.9. The third-order valence-electron chi connectivity index (χ3n) is 2.18. The van der Waals surface area contributed by atoms with Crippen molar-refractivity contribution in [2.24, 2.45) is 0 Å². The number of alkyl halides is 3. The van der Waals surface area contributed by atoms with Crippen LogP contribution in [0.3, 0.4) is 0 Å². The summed E-state index contributed by atoms with van der Waals surface area (Å²) in [5, 5.41) is 8.82. The molecule has 19 heavy (non-hydrogen) atoms. The molecule has 0 aliphatic heterocycles. The summed E-state index contributed by atoms with van der Waals surface area (Å²) in [7, 11) is 0. The third kappa shape index (κ3) is 4.44. The molecule has 0 saturated carbocycles. The molecule has 0 aliphatic carbocycles. The second-order valence-electron chi connectivity index (χ2n) is 3.63. The molecule has 0 saturated heterocycles. The Hall–Kier alpha value is -1.76. The summed E-state index contributed by atoms with van der Waals surface area (Å²) in [6, 6.07) is 4.05. The number of aldehydes is 1. The molecule has 1 rings (SSSR count). The summed E-state index contributed by atoms with van der Waals surface area (Å²) in [4.78, 5) is 10.6. The lowest BCUT2D eigenvalue weighted by molar-refractivity contribution is -0.210. The number of carbonyl (C=O) groups excluding carboxylic acids is 1. The van der Waals surface area contributed by atoms with E-state index in [1.165, 1.54) is 18.2 Å². The monoisotopic (exact) mass is 278 g/mol. The first kappa shape index (κ1) is 15.3. The first-order chi connectivity index (χ1) is 8.88. The lowest BCUT2D eigenvalue weighted by Crippen LogP contribution is -2.34. The van der Waals surface area contributed by atoms with Crippen LogP contribution in [0.5, 0.6) is 11.5 Å². The molecule has 0 fully saturated rings. The van der Waals surface area contributed by atoms with Crippen LogP contribution in [0.15, 0.2) is 18.2 Å². The Bertz CT molecular complexity index is 431. The van der Waals surface area contributed by atoms with Gasteiger partial charge in [0, 0.05) is 5.56 Å². The number of aliphatic hydroxyl groups excluding tert-OH is 1. The zero-order chi connectivity index (χ0) is 14.5. The van der Waals surface area contributed by atoms with E-state index in [-0.39, 0.29) is 18.1 Å². The minimum absolute atomic E-state index is 0.0377. The molecular weight excluding hydrogens is 265 g/mol. The van der Waals surface area contributed by atoms with Gasteiger partial charge >= 0.3 is 6.18 Å². The Balaban J connectivity index is 2.79. The summed E-state index contributed by atoms with van der Waals surface area (Å²) in [6.07, 6.45) is -6.74. The van der Waals surface area contributed by atoms with Gasteiger partial charge in [-0.15, -0.1) is 0 Å². The third-order valence-corrected chi connectivity index (χ3v) is 2.18. The van der Waals surface area contributed by atoms with Gasteiger partial charge in [-0.25, -0.2) is 0 Å². The van der Waals surface area contributed by atoms with Gasteiger partial charge in [0.2, 0.25) is 0 Å². The van der Waals surface area contributed by atoms with Gasteiger partial charge in [-0.2, -0.15) is 13.2 Å². The number of rotatable bonds is 6. The Kier molecular flexibility index (Phi) is 5.17. The molecule has 0 radical (unpaired) electrons. The van der Waals surface area contributed by atoms with Crippen molar-refractivity contribution in [3.63, 3.8) is 0 Å². The maximum absolute atomic E-state index is 12.1. The lowest BCUT2D eigenvalue weighted by atomic mass is 10.2. The average molecular weight is 278 g/mol. The second kappa shape index (κ2) is 6.42. The Morgan fingerprint density at radius 1 is 1.32 bits per heavy atom. The lowest BCUT2D eigenvalue weighted by Gasteiger charge is -2.17. The van der Waals surface area contributed by atoms with Gasteiger partial charge in [0.05, 0.1) is 6.61 Å². The van der Waals surface area contributed by atoms with Crippen LogP contribution in [0, 0.1) is 0 Å². The number of benzene rings is 1. The highest BCUT2D eigenvalue weighted by Gasteiger charge is 2.38. The number of halogens is 3. The van der Waals surface area contributed by atoms with Gasteiger partial charge in [0.25, 0.3) is 0 Å². The fourth-order valence-electron chi connectivity index (χ4n) is 1.25. The van der Waals surface area contributed by atoms with E-state index in [0.29, 0.717) is 11.8 Å². The molecule has 0 bridgehead atoms. The number of hydrogen-bond donors (Lipinski definition) is 1. The van der Waals surface area contributed by atoms with Crippen molar-refractivity contribution in [1.82, 2.24) is 0 Å². The molecule has 0 aromatic heterocycles. The highest BCUT2D eigenvalue weighted by Crippen LogP contribution is 2.29. The minimum Gasteiger partial charge on any atom is -0.490 e. The number of ether oxygens (including phenoxy) is 2. The molecule has 0 heterocycles. The molecular formula is C12H13F3O4. The van der Waals surface area contributed by atoms with Crippen LogP contribution in [-0.2, 0) is 0 Å². The molecule has 0 spiro atoms. The maximum atomic E-state index is 12.1. The molecule has 0 aliphatic rings. The van der Waals surface area contributed by atoms with E-state index in [2.05, 4.69) is 0 Å². The smallest absolute Gasteiger partial charge is 0.417 e. The Morgan fingerprint density at radius 3 is 2.53 bits per heavy atom. The van der Waals surface area contributed by atoms with E-state index in [1.54, 1.807) is 6.92 Å². The SMILES string of the molecule is CCOc1cc(C=O)ccc1OCC(O)C(F)(F)F. The predicted octanol–water partition coefficient (Wildman–Crippen LogP) is 2.20. The summed E-state index contributed by atoms with van der Waals surface area (Å²) in [5.41, 5.74) is 0.312. The van der Waals surface area contributed by atoms with Crippen molar-refractivity contribution >= 4 is 6.29 Å². The van der Waals surface area contributed by atoms with Gasteiger partial charge < -0.3 is 14.6 Å². The first-order valence-electron chi connectivity index (χ1n) is 5.48. The van der Waals surface area contributed by atoms with Crippen LogP contribution in [0.4, 0.5) is 13.2 Å². The molecule has 7 heteroatoms. The van der Waals surface area contributed by atoms with E-state index in [9.17, 15) is 18.0 Å². The van der Waals surface area contributed by atoms with Crippen molar-refractivity contribution in [3.8, 4) is 11.5 Å². The van der Waals surface area contributed by atoms with Gasteiger partial charge in [-0.3, -0.25) is 4.79 Å². The van der Waals surface area contributed by atoms with Gasteiger partial charge in [0.15, 0.2) is 17.6 Å². The fraction of sp³-hybridized carbons (Fsp3) is 0.417. The second-order valence-corrected chi connectivity index (χ2v) is 3.63. The van der Waals surface area contributed by atoms with Crippen molar-refractivity contribution < 1.29 is 32.5 Å². The molecule has 1 unspecified atom stereocenters. The van der Waals surface area contributed by atoms with Gasteiger partial charge in [-0.1, -0.05) is 0 Å². The van der Waals surface area contributed by atoms with Crippen LogP contribution in [-0.4, -0.2) is 36.9 Å². The molecule has 106 valence electrons. The first-order valence-corrected chi connectivity index (χ1v) is 5.48.